The maximum absolute atomic E-state index is 13.5. The average Bonchev–Trinajstić information content (AvgIpc) is 3.49. The number of anilines is 2. The first-order valence-corrected chi connectivity index (χ1v) is 16.1. The van der Waals surface area contributed by atoms with Gasteiger partial charge in [-0.3, -0.25) is 4.79 Å². The van der Waals surface area contributed by atoms with Crippen LogP contribution in [0.4, 0.5) is 16.2 Å². The standard InChI is InChI=1S/C32H38N4O8S/c1-20-5-9-26(10-6-20)45(40,41)35(4)17-30-21(2)16-36(22(3)18-37)31(38)14-23-13-24(7-11-27(23)44-30)33-32(39)34-25-8-12-28-29(15-25)43-19-42-28/h5-13,15,21-22,30,37H,14,16-19H2,1-4H3,(H2,33,34,39)/t21-,22-,30-/m0/s1. The lowest BCUT2D eigenvalue weighted by atomic mass is 10.0. The van der Waals surface area contributed by atoms with Gasteiger partial charge in [-0.25, -0.2) is 13.2 Å². The van der Waals surface area contributed by atoms with Gasteiger partial charge in [0, 0.05) is 42.5 Å². The third-order valence-corrected chi connectivity index (χ3v) is 9.81. The molecule has 2 aliphatic rings. The molecule has 3 atom stereocenters. The average molecular weight is 639 g/mol. The predicted octanol–water partition coefficient (Wildman–Crippen LogP) is 3.84. The Balaban J connectivity index is 1.38. The minimum atomic E-state index is -3.82. The quantitative estimate of drug-likeness (QED) is 0.337. The highest BCUT2D eigenvalue weighted by Gasteiger charge is 2.33. The zero-order chi connectivity index (χ0) is 32.3. The van der Waals surface area contributed by atoms with Crippen molar-refractivity contribution in [3.63, 3.8) is 0 Å². The highest BCUT2D eigenvalue weighted by atomic mass is 32.2. The summed E-state index contributed by atoms with van der Waals surface area (Å²) in [6.07, 6.45) is -0.683. The largest absolute Gasteiger partial charge is 0.488 e. The maximum Gasteiger partial charge on any atom is 0.323 e. The van der Waals surface area contributed by atoms with Crippen LogP contribution in [0.15, 0.2) is 65.6 Å². The molecule has 0 unspecified atom stereocenters. The van der Waals surface area contributed by atoms with Crippen molar-refractivity contribution in [2.75, 3.05) is 44.2 Å². The lowest BCUT2D eigenvalue weighted by molar-refractivity contribution is -0.134. The summed E-state index contributed by atoms with van der Waals surface area (Å²) in [6.45, 7) is 5.69. The summed E-state index contributed by atoms with van der Waals surface area (Å²) in [5.74, 6) is 1.01. The van der Waals surface area contributed by atoms with Crippen molar-refractivity contribution in [3.8, 4) is 17.2 Å². The Morgan fingerprint density at radius 1 is 1.02 bits per heavy atom. The van der Waals surface area contributed by atoms with Gasteiger partial charge < -0.3 is 34.9 Å². The Morgan fingerprint density at radius 3 is 2.36 bits per heavy atom. The number of carbonyl (C=O) groups excluding carboxylic acids is 2. The number of nitrogens with one attached hydrogen (secondary N) is 2. The van der Waals surface area contributed by atoms with E-state index in [-0.39, 0.29) is 49.6 Å². The van der Waals surface area contributed by atoms with E-state index >= 15 is 0 Å². The van der Waals surface area contributed by atoms with Crippen molar-refractivity contribution in [1.29, 1.82) is 0 Å². The van der Waals surface area contributed by atoms with Gasteiger partial charge in [0.2, 0.25) is 22.7 Å². The maximum atomic E-state index is 13.5. The summed E-state index contributed by atoms with van der Waals surface area (Å²) in [7, 11) is -2.31. The Hall–Kier alpha value is -4.33. The number of hydrogen-bond acceptors (Lipinski definition) is 8. The van der Waals surface area contributed by atoms with E-state index in [1.54, 1.807) is 72.5 Å². The highest BCUT2D eigenvalue weighted by molar-refractivity contribution is 7.89. The van der Waals surface area contributed by atoms with Gasteiger partial charge in [0.05, 0.1) is 30.5 Å². The molecule has 0 radical (unpaired) electrons. The molecule has 240 valence electrons. The van der Waals surface area contributed by atoms with E-state index < -0.39 is 28.2 Å². The summed E-state index contributed by atoms with van der Waals surface area (Å²) >= 11 is 0. The second-order valence-electron chi connectivity index (χ2n) is 11.5. The fourth-order valence-corrected chi connectivity index (χ4v) is 6.42. The Labute approximate surface area is 262 Å². The second kappa shape index (κ2) is 13.3. The van der Waals surface area contributed by atoms with E-state index in [1.165, 1.54) is 11.4 Å². The number of aryl methyl sites for hydroxylation is 1. The van der Waals surface area contributed by atoms with Crippen LogP contribution in [-0.2, 0) is 21.2 Å². The molecule has 0 aliphatic carbocycles. The van der Waals surface area contributed by atoms with Crippen LogP contribution in [0, 0.1) is 12.8 Å². The molecule has 5 rings (SSSR count). The highest BCUT2D eigenvalue weighted by Crippen LogP contribution is 2.34. The Kier molecular flexibility index (Phi) is 9.51. The summed E-state index contributed by atoms with van der Waals surface area (Å²) in [6, 6.07) is 15.7. The van der Waals surface area contributed by atoms with E-state index in [4.69, 9.17) is 14.2 Å². The molecule has 12 nitrogen and oxygen atoms in total. The molecule has 0 fully saturated rings. The SMILES string of the molecule is Cc1ccc(S(=O)(=O)N(C)C[C@@H]2Oc3ccc(NC(=O)Nc4ccc5c(c4)OCO5)cc3CC(=O)N([C@@H](C)CO)C[C@@H]2C)cc1. The first-order chi connectivity index (χ1) is 21.4. The Bertz CT molecular complexity index is 1660. The van der Waals surface area contributed by atoms with Gasteiger partial charge in [-0.1, -0.05) is 24.6 Å². The van der Waals surface area contributed by atoms with Gasteiger partial charge in [0.25, 0.3) is 0 Å². The molecule has 0 bridgehead atoms. The van der Waals surface area contributed by atoms with Gasteiger partial charge in [-0.2, -0.15) is 4.31 Å². The van der Waals surface area contributed by atoms with Crippen LogP contribution < -0.4 is 24.8 Å². The molecule has 0 saturated carbocycles. The van der Waals surface area contributed by atoms with Gasteiger partial charge in [0.15, 0.2) is 11.5 Å². The number of benzene rings is 3. The molecule has 45 heavy (non-hydrogen) atoms. The number of ether oxygens (including phenoxy) is 3. The lowest BCUT2D eigenvalue weighted by Gasteiger charge is -2.33. The van der Waals surface area contributed by atoms with Gasteiger partial charge >= 0.3 is 6.03 Å². The summed E-state index contributed by atoms with van der Waals surface area (Å²) in [5, 5.41) is 15.5. The molecule has 0 saturated heterocycles. The second-order valence-corrected chi connectivity index (χ2v) is 13.5. The monoisotopic (exact) mass is 638 g/mol. The van der Waals surface area contributed by atoms with Crippen molar-refractivity contribution in [1.82, 2.24) is 9.21 Å². The molecule has 2 heterocycles. The number of fused-ring (bicyclic) bond motifs is 2. The van der Waals surface area contributed by atoms with Gasteiger partial charge in [0.1, 0.15) is 11.9 Å². The van der Waals surface area contributed by atoms with Crippen LogP contribution in [0.2, 0.25) is 0 Å². The zero-order valence-electron chi connectivity index (χ0n) is 25.6. The van der Waals surface area contributed by atoms with Crippen molar-refractivity contribution < 1.29 is 37.3 Å². The van der Waals surface area contributed by atoms with Crippen molar-refractivity contribution in [2.45, 2.75) is 44.2 Å². The fourth-order valence-electron chi connectivity index (χ4n) is 5.23. The predicted molar refractivity (Wildman–Crippen MR) is 168 cm³/mol. The third-order valence-electron chi connectivity index (χ3n) is 7.97. The summed E-state index contributed by atoms with van der Waals surface area (Å²) in [4.78, 5) is 28.1. The zero-order valence-corrected chi connectivity index (χ0v) is 26.5. The van der Waals surface area contributed by atoms with Crippen LogP contribution in [0.3, 0.4) is 0 Å². The first kappa shape index (κ1) is 32.1. The van der Waals surface area contributed by atoms with E-state index in [9.17, 15) is 23.1 Å². The van der Waals surface area contributed by atoms with Crippen molar-refractivity contribution >= 4 is 33.3 Å². The van der Waals surface area contributed by atoms with E-state index in [0.717, 1.165) is 5.56 Å². The molecule has 13 heteroatoms. The van der Waals surface area contributed by atoms with E-state index in [0.29, 0.717) is 34.2 Å². The fraction of sp³-hybridized carbons (Fsp3) is 0.375. The van der Waals surface area contributed by atoms with E-state index in [1.807, 2.05) is 13.8 Å². The number of aliphatic hydroxyl groups excluding tert-OH is 1. The van der Waals surface area contributed by atoms with E-state index in [2.05, 4.69) is 10.6 Å². The molecule has 3 N–H and O–H groups in total. The van der Waals surface area contributed by atoms with Crippen molar-refractivity contribution in [2.24, 2.45) is 5.92 Å². The molecule has 0 spiro atoms. The molecule has 3 amide bonds. The smallest absolute Gasteiger partial charge is 0.323 e. The normalized spacial score (nSPS) is 18.7. The number of likely N-dealkylation sites (N-methyl/N-ethyl adjacent to an activating group) is 1. The minimum absolute atomic E-state index is 0.0181. The first-order valence-electron chi connectivity index (χ1n) is 14.6. The topological polar surface area (TPSA) is 147 Å². The Morgan fingerprint density at radius 2 is 1.67 bits per heavy atom. The van der Waals surface area contributed by atoms with Crippen LogP contribution in [-0.4, -0.2) is 80.4 Å². The van der Waals surface area contributed by atoms with Gasteiger partial charge in [-0.15, -0.1) is 0 Å². The number of nitrogens with zero attached hydrogens (tertiary/aromatic N) is 2. The minimum Gasteiger partial charge on any atom is -0.488 e. The van der Waals surface area contributed by atoms with Crippen LogP contribution in [0.5, 0.6) is 17.2 Å². The number of sulfonamides is 1. The van der Waals surface area contributed by atoms with Gasteiger partial charge in [-0.05, 0) is 56.3 Å². The third kappa shape index (κ3) is 7.32. The number of carbonyl (C=O) groups is 2. The molecule has 2 aliphatic heterocycles. The molecule has 3 aromatic carbocycles. The van der Waals surface area contributed by atoms with Crippen LogP contribution >= 0.6 is 0 Å². The summed E-state index contributed by atoms with van der Waals surface area (Å²) < 4.78 is 45.2. The van der Waals surface area contributed by atoms with Crippen molar-refractivity contribution in [3.05, 3.63) is 71.8 Å². The number of rotatable bonds is 8. The molecule has 0 aromatic heterocycles. The molecular weight excluding hydrogens is 600 g/mol. The number of urea groups is 1. The number of aliphatic hydroxyl groups is 1. The summed E-state index contributed by atoms with van der Waals surface area (Å²) in [5.41, 5.74) is 2.39. The molecular formula is C32H38N4O8S. The van der Waals surface area contributed by atoms with Crippen LogP contribution in [0.25, 0.3) is 0 Å². The molecule has 3 aromatic rings. The van der Waals surface area contributed by atoms with Crippen LogP contribution in [0.1, 0.15) is 25.0 Å². The number of amides is 3. The lowest BCUT2D eigenvalue weighted by Crippen LogP contribution is -2.48. The number of hydrogen-bond donors (Lipinski definition) is 3.